The maximum absolute atomic E-state index is 10.8. The van der Waals surface area contributed by atoms with Crippen molar-refractivity contribution in [2.75, 3.05) is 30.7 Å². The summed E-state index contributed by atoms with van der Waals surface area (Å²) in [5.41, 5.74) is 12.3. The zero-order valence-corrected chi connectivity index (χ0v) is 15.1. The van der Waals surface area contributed by atoms with Crippen molar-refractivity contribution < 1.29 is 23.8 Å². The van der Waals surface area contributed by atoms with Gasteiger partial charge in [0, 0.05) is 0 Å². The van der Waals surface area contributed by atoms with Gasteiger partial charge in [0.15, 0.2) is 0 Å². The summed E-state index contributed by atoms with van der Waals surface area (Å²) in [6.07, 6.45) is -1.84. The Morgan fingerprint density at radius 2 is 2.27 bits per heavy atom. The van der Waals surface area contributed by atoms with E-state index in [-0.39, 0.29) is 12.4 Å². The molecular weight excluding hydrogens is 364 g/mol. The van der Waals surface area contributed by atoms with Crippen LogP contribution in [-0.2, 0) is 13.8 Å². The van der Waals surface area contributed by atoms with Crippen LogP contribution in [0, 0.1) is 0 Å². The van der Waals surface area contributed by atoms with E-state index in [0.717, 1.165) is 0 Å². The van der Waals surface area contributed by atoms with E-state index < -0.39 is 32.4 Å². The van der Waals surface area contributed by atoms with Crippen LogP contribution in [0.4, 0.5) is 11.8 Å². The second kappa shape index (κ2) is 6.53. The molecule has 14 heteroatoms. The van der Waals surface area contributed by atoms with Gasteiger partial charge in [-0.3, -0.25) is 0 Å². The number of ether oxygens (including phenoxy) is 1. The molecule has 0 amide bonds. The van der Waals surface area contributed by atoms with Crippen molar-refractivity contribution in [1.29, 1.82) is 0 Å². The zero-order chi connectivity index (χ0) is 18.5. The summed E-state index contributed by atoms with van der Waals surface area (Å²) in [7, 11) is -1.77. The van der Waals surface area contributed by atoms with Crippen LogP contribution in [0.15, 0.2) is 6.33 Å². The van der Waals surface area contributed by atoms with Crippen molar-refractivity contribution in [1.82, 2.24) is 19.5 Å². The van der Waals surface area contributed by atoms with E-state index >= 15 is 0 Å². The molecule has 12 nitrogen and oxygen atoms in total. The number of fused-ring (bicyclic) bond motifs is 2. The number of aliphatic hydroxyl groups is 1. The molecule has 0 radical (unpaired) electrons. The fourth-order valence-electron chi connectivity index (χ4n) is 3.21. The second-order valence-corrected chi connectivity index (χ2v) is 8.62. The van der Waals surface area contributed by atoms with Crippen molar-refractivity contribution in [2.45, 2.75) is 24.5 Å². The first-order valence-corrected chi connectivity index (χ1v) is 10.5. The van der Waals surface area contributed by atoms with E-state index in [1.807, 2.05) is 0 Å². The topological polar surface area (TPSA) is 176 Å². The summed E-state index contributed by atoms with van der Waals surface area (Å²) in [5.74, 6) is 0.606. The quantitative estimate of drug-likeness (QED) is 0.277. The first-order chi connectivity index (χ1) is 12.4. The van der Waals surface area contributed by atoms with E-state index in [1.54, 1.807) is 4.57 Å². The van der Waals surface area contributed by atoms with Crippen LogP contribution in [0.3, 0.4) is 0 Å². The molecule has 0 aromatic carbocycles. The van der Waals surface area contributed by atoms with Gasteiger partial charge in [0.05, 0.1) is 0 Å². The number of imidazole rings is 1. The SMILES string of the molecule is B[PH]1(O)OC[C@H]2O[C@@H](n3c(NCCN)nc4c(N)ncnc43)C(O)[C@H]2O1. The third kappa shape index (κ3) is 2.91. The van der Waals surface area contributed by atoms with E-state index in [2.05, 4.69) is 20.3 Å². The molecule has 2 fully saturated rings. The van der Waals surface area contributed by atoms with E-state index in [0.29, 0.717) is 30.2 Å². The third-order valence-electron chi connectivity index (χ3n) is 4.37. The Bertz CT molecular complexity index is 823. The van der Waals surface area contributed by atoms with Gasteiger partial charge in [0.25, 0.3) is 0 Å². The molecule has 142 valence electrons. The summed E-state index contributed by atoms with van der Waals surface area (Å²) < 4.78 is 18.4. The summed E-state index contributed by atoms with van der Waals surface area (Å²) in [4.78, 5) is 22.7. The number of nitrogens with two attached hydrogens (primary N) is 2. The molecule has 0 spiro atoms. The Hall–Kier alpha value is -1.60. The molecule has 4 heterocycles. The van der Waals surface area contributed by atoms with Crippen molar-refractivity contribution in [2.24, 2.45) is 5.73 Å². The number of nitrogens with zero attached hydrogens (tertiary/aromatic N) is 4. The monoisotopic (exact) mass is 385 g/mol. The van der Waals surface area contributed by atoms with Crippen molar-refractivity contribution in [3.63, 3.8) is 0 Å². The second-order valence-electron chi connectivity index (χ2n) is 6.30. The molecule has 2 aliphatic heterocycles. The molecule has 1 unspecified atom stereocenters. The first-order valence-electron chi connectivity index (χ1n) is 8.21. The van der Waals surface area contributed by atoms with Gasteiger partial charge in [-0.2, -0.15) is 0 Å². The summed E-state index contributed by atoms with van der Waals surface area (Å²) >= 11 is 0. The van der Waals surface area contributed by atoms with Gasteiger partial charge in [-0.05, 0) is 0 Å². The normalized spacial score (nSPS) is 31.7. The van der Waals surface area contributed by atoms with E-state index in [1.165, 1.54) is 13.9 Å². The molecule has 2 aromatic heterocycles. The van der Waals surface area contributed by atoms with Gasteiger partial charge in [-0.1, -0.05) is 0 Å². The maximum atomic E-state index is 10.8. The van der Waals surface area contributed by atoms with Gasteiger partial charge < -0.3 is 0 Å². The minimum absolute atomic E-state index is 0.132. The Labute approximate surface area is 149 Å². The molecule has 2 aliphatic rings. The summed E-state index contributed by atoms with van der Waals surface area (Å²) in [6.45, 7) is 0.968. The zero-order valence-electron chi connectivity index (χ0n) is 14.1. The Balaban J connectivity index is 1.75. The molecular formula is C12H21BN7O5P. The molecule has 7 N–H and O–H groups in total. The number of aliphatic hydroxyl groups excluding tert-OH is 1. The van der Waals surface area contributed by atoms with E-state index in [9.17, 15) is 10.00 Å². The van der Waals surface area contributed by atoms with Gasteiger partial charge in [-0.25, -0.2) is 0 Å². The van der Waals surface area contributed by atoms with Crippen LogP contribution >= 0.6 is 7.82 Å². The number of nitrogen functional groups attached to an aromatic ring is 1. The van der Waals surface area contributed by atoms with Gasteiger partial charge in [-0.15, -0.1) is 0 Å². The van der Waals surface area contributed by atoms with Crippen molar-refractivity contribution >= 4 is 38.3 Å². The van der Waals surface area contributed by atoms with Gasteiger partial charge >= 0.3 is 149 Å². The minimum atomic E-state index is -3.27. The van der Waals surface area contributed by atoms with E-state index in [4.69, 9.17) is 25.3 Å². The van der Waals surface area contributed by atoms with Crippen LogP contribution in [-0.4, -0.2) is 75.1 Å². The average Bonchev–Trinajstić information content (AvgIpc) is 3.11. The van der Waals surface area contributed by atoms with Crippen LogP contribution in [0.5, 0.6) is 0 Å². The fraction of sp³-hybridized carbons (Fsp3) is 0.583. The number of anilines is 2. The number of aromatic nitrogens is 4. The third-order valence-corrected chi connectivity index (χ3v) is 5.78. The van der Waals surface area contributed by atoms with Crippen molar-refractivity contribution in [3.8, 4) is 0 Å². The average molecular weight is 385 g/mol. The first kappa shape index (κ1) is 17.8. The number of nitrogens with one attached hydrogen (secondary N) is 1. The Kier molecular flexibility index (Phi) is 4.47. The molecule has 4 rings (SSSR count). The summed E-state index contributed by atoms with van der Waals surface area (Å²) in [5, 5.41) is 13.9. The van der Waals surface area contributed by atoms with Crippen LogP contribution in [0.25, 0.3) is 11.2 Å². The van der Waals surface area contributed by atoms with Crippen LogP contribution in [0.2, 0.25) is 0 Å². The molecule has 0 saturated carbocycles. The molecule has 2 saturated heterocycles. The van der Waals surface area contributed by atoms with Crippen LogP contribution in [0.1, 0.15) is 6.23 Å². The van der Waals surface area contributed by atoms with Gasteiger partial charge in [0.2, 0.25) is 0 Å². The summed E-state index contributed by atoms with van der Waals surface area (Å²) in [6, 6.07) is 0. The number of rotatable bonds is 4. The number of hydrogen-bond donors (Lipinski definition) is 5. The molecule has 0 aliphatic carbocycles. The number of hydrogen-bond acceptors (Lipinski definition) is 11. The molecule has 2 aromatic rings. The fourth-order valence-corrected chi connectivity index (χ4v) is 4.55. The molecule has 0 bridgehead atoms. The predicted octanol–water partition coefficient (Wildman–Crippen LogP) is -2.51. The Morgan fingerprint density at radius 1 is 1.46 bits per heavy atom. The molecule has 26 heavy (non-hydrogen) atoms. The van der Waals surface area contributed by atoms with Crippen LogP contribution < -0.4 is 16.8 Å². The predicted molar refractivity (Wildman–Crippen MR) is 97.1 cm³/mol. The Morgan fingerprint density at radius 3 is 3.04 bits per heavy atom. The van der Waals surface area contributed by atoms with Gasteiger partial charge in [0.1, 0.15) is 0 Å². The molecule has 4 atom stereocenters. The standard InChI is InChI=1S/C12H21BN7O5P/c13-26(22)23-3-5-8(25-26)7(21)11(24-5)20-10-6(9(15)17-4-18-10)19-12(20)16-2-1-14/h4-5,7-8,11,21-22,26H,1-3,13-14H2,(H,16,19)(H2,15,17,18)/t5-,7?,8+,11-/m1/s1. The van der Waals surface area contributed by atoms with Crippen molar-refractivity contribution in [3.05, 3.63) is 6.33 Å².